The summed E-state index contributed by atoms with van der Waals surface area (Å²) >= 11 is 0. The quantitative estimate of drug-likeness (QED) is 0.637. The predicted molar refractivity (Wildman–Crippen MR) is 51.9 cm³/mol. The molecular weight excluding hydrogens is 164 g/mol. The minimum absolute atomic E-state index is 0.0326. The number of nitriles is 1. The Hall–Kier alpha value is -1.04. The summed E-state index contributed by atoms with van der Waals surface area (Å²) in [6.45, 7) is 4.27. The molecule has 0 unspecified atom stereocenters. The summed E-state index contributed by atoms with van der Waals surface area (Å²) in [6, 6.07) is 1.91. The van der Waals surface area contributed by atoms with Crippen LogP contribution in [0.3, 0.4) is 0 Å². The standard InChI is InChI=1S/C10H18N2O/c1-3-5-9(6-4-2)10(13)12-8-7-11/h9H,3-6,8H2,1-2H3,(H,12,13). The van der Waals surface area contributed by atoms with E-state index in [2.05, 4.69) is 19.2 Å². The molecule has 13 heavy (non-hydrogen) atoms. The van der Waals surface area contributed by atoms with Gasteiger partial charge in [-0.15, -0.1) is 0 Å². The lowest BCUT2D eigenvalue weighted by molar-refractivity contribution is -0.125. The van der Waals surface area contributed by atoms with E-state index < -0.39 is 0 Å². The third-order valence-corrected chi connectivity index (χ3v) is 1.99. The molecule has 0 aromatic rings. The van der Waals surface area contributed by atoms with Crippen LogP contribution in [0.5, 0.6) is 0 Å². The van der Waals surface area contributed by atoms with E-state index >= 15 is 0 Å². The second kappa shape index (κ2) is 7.60. The first-order valence-corrected chi connectivity index (χ1v) is 4.90. The Morgan fingerprint density at radius 2 is 1.92 bits per heavy atom. The Balaban J connectivity index is 3.88. The summed E-state index contributed by atoms with van der Waals surface area (Å²) in [5.41, 5.74) is 0. The van der Waals surface area contributed by atoms with E-state index in [4.69, 9.17) is 5.26 Å². The molecule has 0 radical (unpaired) electrons. The number of carbonyl (C=O) groups excluding carboxylic acids is 1. The van der Waals surface area contributed by atoms with Gasteiger partial charge in [0, 0.05) is 5.92 Å². The summed E-state index contributed by atoms with van der Waals surface area (Å²) in [6.07, 6.45) is 3.88. The van der Waals surface area contributed by atoms with Gasteiger partial charge in [0.15, 0.2) is 0 Å². The molecule has 0 saturated heterocycles. The molecular formula is C10H18N2O. The van der Waals surface area contributed by atoms with Crippen molar-refractivity contribution >= 4 is 5.91 Å². The molecule has 0 atom stereocenters. The molecule has 0 saturated carbocycles. The van der Waals surface area contributed by atoms with Gasteiger partial charge in [-0.25, -0.2) is 0 Å². The molecule has 3 heteroatoms. The largest absolute Gasteiger partial charge is 0.343 e. The van der Waals surface area contributed by atoms with E-state index in [-0.39, 0.29) is 18.4 Å². The third-order valence-electron chi connectivity index (χ3n) is 1.99. The monoisotopic (exact) mass is 182 g/mol. The van der Waals surface area contributed by atoms with E-state index in [1.165, 1.54) is 0 Å². The van der Waals surface area contributed by atoms with Crippen LogP contribution >= 0.6 is 0 Å². The predicted octanol–water partition coefficient (Wildman–Crippen LogP) is 1.84. The first-order chi connectivity index (χ1) is 6.26. The smallest absolute Gasteiger partial charge is 0.223 e. The van der Waals surface area contributed by atoms with Gasteiger partial charge in [-0.2, -0.15) is 5.26 Å². The van der Waals surface area contributed by atoms with Gasteiger partial charge in [-0.05, 0) is 12.8 Å². The van der Waals surface area contributed by atoms with Crippen LogP contribution in [0.25, 0.3) is 0 Å². The topological polar surface area (TPSA) is 52.9 Å². The number of hydrogen-bond acceptors (Lipinski definition) is 2. The van der Waals surface area contributed by atoms with E-state index in [1.54, 1.807) is 0 Å². The van der Waals surface area contributed by atoms with Crippen LogP contribution in [-0.4, -0.2) is 12.5 Å². The second-order valence-electron chi connectivity index (χ2n) is 3.15. The Bertz CT molecular complexity index is 178. The molecule has 74 valence electrons. The van der Waals surface area contributed by atoms with Crippen molar-refractivity contribution in [2.75, 3.05) is 6.54 Å². The van der Waals surface area contributed by atoms with E-state index in [9.17, 15) is 4.79 Å². The van der Waals surface area contributed by atoms with Gasteiger partial charge in [0.25, 0.3) is 0 Å². The van der Waals surface area contributed by atoms with Crippen molar-refractivity contribution in [1.29, 1.82) is 5.26 Å². The molecule has 1 amide bonds. The van der Waals surface area contributed by atoms with Crippen LogP contribution in [0.1, 0.15) is 39.5 Å². The van der Waals surface area contributed by atoms with Crippen LogP contribution in [0.2, 0.25) is 0 Å². The van der Waals surface area contributed by atoms with E-state index in [1.807, 2.05) is 6.07 Å². The van der Waals surface area contributed by atoms with Crippen molar-refractivity contribution in [3.63, 3.8) is 0 Å². The van der Waals surface area contributed by atoms with Crippen LogP contribution in [0.4, 0.5) is 0 Å². The summed E-state index contributed by atoms with van der Waals surface area (Å²) in [7, 11) is 0. The van der Waals surface area contributed by atoms with Crippen LogP contribution in [0.15, 0.2) is 0 Å². The Morgan fingerprint density at radius 3 is 2.31 bits per heavy atom. The maximum Gasteiger partial charge on any atom is 0.223 e. The molecule has 0 spiro atoms. The van der Waals surface area contributed by atoms with Gasteiger partial charge in [0.2, 0.25) is 5.91 Å². The minimum atomic E-state index is 0.0326. The fraction of sp³-hybridized carbons (Fsp3) is 0.800. The lowest BCUT2D eigenvalue weighted by Gasteiger charge is -2.13. The molecule has 1 N–H and O–H groups in total. The van der Waals surface area contributed by atoms with E-state index in [0.29, 0.717) is 0 Å². The number of hydrogen-bond donors (Lipinski definition) is 1. The van der Waals surface area contributed by atoms with Crippen molar-refractivity contribution in [2.45, 2.75) is 39.5 Å². The average molecular weight is 182 g/mol. The highest BCUT2D eigenvalue weighted by Crippen LogP contribution is 2.13. The van der Waals surface area contributed by atoms with Crippen molar-refractivity contribution < 1.29 is 4.79 Å². The first-order valence-electron chi connectivity index (χ1n) is 4.90. The fourth-order valence-electron chi connectivity index (χ4n) is 1.37. The van der Waals surface area contributed by atoms with Gasteiger partial charge < -0.3 is 5.32 Å². The van der Waals surface area contributed by atoms with Crippen molar-refractivity contribution in [2.24, 2.45) is 5.92 Å². The zero-order valence-electron chi connectivity index (χ0n) is 8.47. The average Bonchev–Trinajstić information content (AvgIpc) is 2.14. The number of nitrogens with zero attached hydrogens (tertiary/aromatic N) is 1. The highest BCUT2D eigenvalue weighted by Gasteiger charge is 2.15. The van der Waals surface area contributed by atoms with Crippen molar-refractivity contribution in [3.8, 4) is 6.07 Å². The van der Waals surface area contributed by atoms with Gasteiger partial charge in [0.05, 0.1) is 6.07 Å². The second-order valence-corrected chi connectivity index (χ2v) is 3.15. The maximum atomic E-state index is 11.4. The van der Waals surface area contributed by atoms with Crippen LogP contribution in [-0.2, 0) is 4.79 Å². The summed E-state index contributed by atoms with van der Waals surface area (Å²) in [5.74, 6) is 0.133. The molecule has 0 aliphatic rings. The van der Waals surface area contributed by atoms with Gasteiger partial charge in [0.1, 0.15) is 6.54 Å². The molecule has 3 nitrogen and oxygen atoms in total. The fourth-order valence-corrected chi connectivity index (χ4v) is 1.37. The summed E-state index contributed by atoms with van der Waals surface area (Å²) in [5, 5.41) is 10.9. The summed E-state index contributed by atoms with van der Waals surface area (Å²) in [4.78, 5) is 11.4. The Labute approximate surface area is 80.1 Å². The minimum Gasteiger partial charge on any atom is -0.343 e. The normalized spacial score (nSPS) is 9.69. The maximum absolute atomic E-state index is 11.4. The molecule has 0 fully saturated rings. The number of rotatable bonds is 6. The van der Waals surface area contributed by atoms with E-state index in [0.717, 1.165) is 25.7 Å². The highest BCUT2D eigenvalue weighted by molar-refractivity contribution is 5.78. The Kier molecular flexibility index (Phi) is 6.99. The zero-order valence-corrected chi connectivity index (χ0v) is 8.47. The highest BCUT2D eigenvalue weighted by atomic mass is 16.1. The number of nitrogens with one attached hydrogen (secondary N) is 1. The lowest BCUT2D eigenvalue weighted by Crippen LogP contribution is -2.30. The van der Waals surface area contributed by atoms with Crippen LogP contribution < -0.4 is 5.32 Å². The van der Waals surface area contributed by atoms with Crippen LogP contribution in [0, 0.1) is 17.2 Å². The molecule has 0 aromatic heterocycles. The molecule has 0 aromatic carbocycles. The molecule has 0 heterocycles. The Morgan fingerprint density at radius 1 is 1.38 bits per heavy atom. The van der Waals surface area contributed by atoms with Crippen molar-refractivity contribution in [1.82, 2.24) is 5.32 Å². The summed E-state index contributed by atoms with van der Waals surface area (Å²) < 4.78 is 0. The zero-order chi connectivity index (χ0) is 10.1. The number of carbonyl (C=O) groups is 1. The number of amides is 1. The molecule has 0 aliphatic carbocycles. The van der Waals surface area contributed by atoms with Gasteiger partial charge in [-0.1, -0.05) is 26.7 Å². The SMILES string of the molecule is CCCC(CCC)C(=O)NCC#N. The van der Waals surface area contributed by atoms with Gasteiger partial charge in [-0.3, -0.25) is 4.79 Å². The van der Waals surface area contributed by atoms with Crippen molar-refractivity contribution in [3.05, 3.63) is 0 Å². The lowest BCUT2D eigenvalue weighted by atomic mass is 9.97. The third kappa shape index (κ3) is 5.24. The molecule has 0 aliphatic heterocycles. The van der Waals surface area contributed by atoms with Gasteiger partial charge >= 0.3 is 0 Å². The first kappa shape index (κ1) is 12.0. The molecule has 0 rings (SSSR count). The molecule has 0 bridgehead atoms.